The van der Waals surface area contributed by atoms with E-state index >= 15 is 0 Å². The van der Waals surface area contributed by atoms with Crippen LogP contribution in [0.3, 0.4) is 0 Å². The summed E-state index contributed by atoms with van der Waals surface area (Å²) in [6.07, 6.45) is 2.08. The van der Waals surface area contributed by atoms with E-state index in [9.17, 15) is 4.79 Å². The van der Waals surface area contributed by atoms with E-state index in [1.165, 1.54) is 0 Å². The van der Waals surface area contributed by atoms with Crippen molar-refractivity contribution in [2.24, 2.45) is 0 Å². The molecule has 0 saturated carbocycles. The first-order chi connectivity index (χ1) is 6.65. The number of hydrogen-bond acceptors (Lipinski definition) is 1. The molecule has 74 valence electrons. The van der Waals surface area contributed by atoms with Gasteiger partial charge in [-0.1, -0.05) is 34.1 Å². The molecule has 0 fully saturated rings. The van der Waals surface area contributed by atoms with Gasteiger partial charge in [0.2, 0.25) is 0 Å². The van der Waals surface area contributed by atoms with Gasteiger partial charge in [0.1, 0.15) is 0 Å². The second-order valence-electron chi connectivity index (χ2n) is 2.97. The van der Waals surface area contributed by atoms with Crippen molar-refractivity contribution in [2.45, 2.75) is 12.3 Å². The van der Waals surface area contributed by atoms with E-state index in [0.29, 0.717) is 6.42 Å². The van der Waals surface area contributed by atoms with Crippen molar-refractivity contribution < 1.29 is 9.90 Å². The van der Waals surface area contributed by atoms with Gasteiger partial charge >= 0.3 is 5.97 Å². The summed E-state index contributed by atoms with van der Waals surface area (Å²) in [6.45, 7) is 3.55. The van der Waals surface area contributed by atoms with Crippen LogP contribution < -0.4 is 0 Å². The van der Waals surface area contributed by atoms with E-state index in [4.69, 9.17) is 5.11 Å². The molecule has 0 aliphatic carbocycles. The summed E-state index contributed by atoms with van der Waals surface area (Å²) in [4.78, 5) is 10.9. The van der Waals surface area contributed by atoms with Crippen molar-refractivity contribution in [1.82, 2.24) is 0 Å². The molecular weight excluding hydrogens is 244 g/mol. The quantitative estimate of drug-likeness (QED) is 0.839. The average Bonchev–Trinajstić information content (AvgIpc) is 2.15. The van der Waals surface area contributed by atoms with Crippen LogP contribution in [0.1, 0.15) is 17.9 Å². The van der Waals surface area contributed by atoms with E-state index in [1.807, 2.05) is 24.3 Å². The lowest BCUT2D eigenvalue weighted by Gasteiger charge is -2.09. The highest BCUT2D eigenvalue weighted by Gasteiger charge is 2.17. The zero-order valence-electron chi connectivity index (χ0n) is 7.61. The topological polar surface area (TPSA) is 37.3 Å². The van der Waals surface area contributed by atoms with Crippen LogP contribution in [0.25, 0.3) is 0 Å². The normalized spacial score (nSPS) is 12.1. The minimum atomic E-state index is -0.813. The Morgan fingerprint density at radius 2 is 2.07 bits per heavy atom. The third-order valence-corrected chi connectivity index (χ3v) is 2.50. The van der Waals surface area contributed by atoms with Crippen LogP contribution in [-0.4, -0.2) is 11.1 Å². The monoisotopic (exact) mass is 254 g/mol. The largest absolute Gasteiger partial charge is 0.481 e. The van der Waals surface area contributed by atoms with E-state index in [2.05, 4.69) is 22.5 Å². The molecule has 2 nitrogen and oxygen atoms in total. The van der Waals surface area contributed by atoms with Crippen LogP contribution in [0.2, 0.25) is 0 Å². The van der Waals surface area contributed by atoms with Crippen molar-refractivity contribution in [1.29, 1.82) is 0 Å². The van der Waals surface area contributed by atoms with Gasteiger partial charge in [0.25, 0.3) is 0 Å². The SMILES string of the molecule is C=CCC(C(=O)O)c1ccc(Br)cc1. The molecule has 14 heavy (non-hydrogen) atoms. The predicted octanol–water partition coefficient (Wildman–Crippen LogP) is 3.19. The molecule has 1 rings (SSSR count). The van der Waals surface area contributed by atoms with Gasteiger partial charge in [-0.05, 0) is 24.1 Å². The van der Waals surface area contributed by atoms with Gasteiger partial charge in [-0.3, -0.25) is 4.79 Å². The molecule has 0 amide bonds. The highest BCUT2D eigenvalue weighted by atomic mass is 79.9. The van der Waals surface area contributed by atoms with Crippen molar-refractivity contribution in [3.63, 3.8) is 0 Å². The molecule has 1 atom stereocenters. The molecule has 0 aromatic heterocycles. The van der Waals surface area contributed by atoms with E-state index in [0.717, 1.165) is 10.0 Å². The first-order valence-corrected chi connectivity index (χ1v) is 5.03. The molecule has 0 saturated heterocycles. The Morgan fingerprint density at radius 3 is 2.50 bits per heavy atom. The van der Waals surface area contributed by atoms with Gasteiger partial charge in [0.05, 0.1) is 5.92 Å². The van der Waals surface area contributed by atoms with Crippen LogP contribution in [0.15, 0.2) is 41.4 Å². The van der Waals surface area contributed by atoms with E-state index in [-0.39, 0.29) is 0 Å². The van der Waals surface area contributed by atoms with Crippen molar-refractivity contribution in [2.75, 3.05) is 0 Å². The van der Waals surface area contributed by atoms with Crippen LogP contribution in [-0.2, 0) is 4.79 Å². The van der Waals surface area contributed by atoms with Gasteiger partial charge in [-0.25, -0.2) is 0 Å². The maximum absolute atomic E-state index is 10.9. The Balaban J connectivity index is 2.93. The van der Waals surface area contributed by atoms with Gasteiger partial charge in [0, 0.05) is 4.47 Å². The maximum Gasteiger partial charge on any atom is 0.311 e. The Bertz CT molecular complexity index is 330. The number of aliphatic carboxylic acids is 1. The van der Waals surface area contributed by atoms with Crippen molar-refractivity contribution >= 4 is 21.9 Å². The number of benzene rings is 1. The Labute approximate surface area is 91.4 Å². The number of carbonyl (C=O) groups is 1. The molecule has 1 aromatic rings. The molecule has 1 unspecified atom stereocenters. The fourth-order valence-electron chi connectivity index (χ4n) is 1.24. The lowest BCUT2D eigenvalue weighted by molar-refractivity contribution is -0.138. The number of hydrogen-bond donors (Lipinski definition) is 1. The molecule has 0 radical (unpaired) electrons. The van der Waals surface area contributed by atoms with E-state index in [1.54, 1.807) is 6.08 Å². The first-order valence-electron chi connectivity index (χ1n) is 4.24. The Kier molecular flexibility index (Phi) is 3.89. The summed E-state index contributed by atoms with van der Waals surface area (Å²) in [7, 11) is 0. The first kappa shape index (κ1) is 11.0. The standard InChI is InChI=1S/C11H11BrO2/c1-2-3-10(11(13)14)8-4-6-9(12)7-5-8/h2,4-7,10H,1,3H2,(H,13,14). The lowest BCUT2D eigenvalue weighted by Crippen LogP contribution is -2.10. The smallest absolute Gasteiger partial charge is 0.311 e. The highest BCUT2D eigenvalue weighted by molar-refractivity contribution is 9.10. The minimum Gasteiger partial charge on any atom is -0.481 e. The summed E-state index contributed by atoms with van der Waals surface area (Å²) in [5.74, 6) is -1.30. The van der Waals surface area contributed by atoms with E-state index < -0.39 is 11.9 Å². The number of carboxylic acid groups (broad SMARTS) is 1. The summed E-state index contributed by atoms with van der Waals surface area (Å²) < 4.78 is 0.948. The Hall–Kier alpha value is -1.09. The number of carboxylic acids is 1. The van der Waals surface area contributed by atoms with Gasteiger partial charge in [-0.15, -0.1) is 6.58 Å². The third kappa shape index (κ3) is 2.70. The maximum atomic E-state index is 10.9. The second-order valence-corrected chi connectivity index (χ2v) is 3.88. The fourth-order valence-corrected chi connectivity index (χ4v) is 1.51. The van der Waals surface area contributed by atoms with Gasteiger partial charge in [0.15, 0.2) is 0 Å². The summed E-state index contributed by atoms with van der Waals surface area (Å²) >= 11 is 3.30. The molecule has 0 bridgehead atoms. The molecule has 1 aromatic carbocycles. The number of halogens is 1. The molecular formula is C11H11BrO2. The van der Waals surface area contributed by atoms with Gasteiger partial charge in [-0.2, -0.15) is 0 Å². The van der Waals surface area contributed by atoms with Crippen LogP contribution in [0, 0.1) is 0 Å². The molecule has 0 aliphatic rings. The van der Waals surface area contributed by atoms with Gasteiger partial charge < -0.3 is 5.11 Å². The van der Waals surface area contributed by atoms with Crippen LogP contribution in [0.5, 0.6) is 0 Å². The van der Waals surface area contributed by atoms with Crippen LogP contribution >= 0.6 is 15.9 Å². The lowest BCUT2D eigenvalue weighted by atomic mass is 9.96. The highest BCUT2D eigenvalue weighted by Crippen LogP contribution is 2.22. The molecule has 0 heterocycles. The fraction of sp³-hybridized carbons (Fsp3) is 0.182. The third-order valence-electron chi connectivity index (χ3n) is 1.97. The molecule has 1 N–H and O–H groups in total. The minimum absolute atomic E-state index is 0.455. The number of rotatable bonds is 4. The summed E-state index contributed by atoms with van der Waals surface area (Å²) in [5, 5.41) is 8.97. The van der Waals surface area contributed by atoms with Crippen molar-refractivity contribution in [3.8, 4) is 0 Å². The Morgan fingerprint density at radius 1 is 1.50 bits per heavy atom. The summed E-state index contributed by atoms with van der Waals surface area (Å²) in [6, 6.07) is 7.31. The zero-order valence-corrected chi connectivity index (χ0v) is 9.20. The summed E-state index contributed by atoms with van der Waals surface area (Å²) in [5.41, 5.74) is 0.806. The predicted molar refractivity (Wildman–Crippen MR) is 59.3 cm³/mol. The second kappa shape index (κ2) is 4.96. The zero-order chi connectivity index (χ0) is 10.6. The van der Waals surface area contributed by atoms with Crippen LogP contribution in [0.4, 0.5) is 0 Å². The average molecular weight is 255 g/mol. The number of allylic oxidation sites excluding steroid dienone is 1. The van der Waals surface area contributed by atoms with Crippen molar-refractivity contribution in [3.05, 3.63) is 47.0 Å². The molecule has 0 aliphatic heterocycles. The molecule has 3 heteroatoms. The molecule has 0 spiro atoms.